The highest BCUT2D eigenvalue weighted by Crippen LogP contribution is 2.35. The Morgan fingerprint density at radius 2 is 1.52 bits per heavy atom. The summed E-state index contributed by atoms with van der Waals surface area (Å²) in [5, 5.41) is 0.711. The Labute approximate surface area is 179 Å². The summed E-state index contributed by atoms with van der Waals surface area (Å²) in [6.45, 7) is 8.04. The lowest BCUT2D eigenvalue weighted by Gasteiger charge is -2.18. The van der Waals surface area contributed by atoms with Gasteiger partial charge >= 0.3 is 0 Å². The molecule has 3 aromatic rings. The van der Waals surface area contributed by atoms with Gasteiger partial charge in [-0.3, -0.25) is 0 Å². The van der Waals surface area contributed by atoms with Gasteiger partial charge in [-0.05, 0) is 54.0 Å². The quantitative estimate of drug-likeness (QED) is 0.384. The topological polar surface area (TPSA) is 12.5 Å². The number of benzene rings is 3. The minimum Gasteiger partial charge on any atom is -0.492 e. The molecule has 0 saturated heterocycles. The molecular weight excluding hydrogens is 378 g/mol. The largest absolute Gasteiger partial charge is 0.492 e. The first kappa shape index (κ1) is 21.2. The third-order valence-corrected chi connectivity index (χ3v) is 5.36. The first-order valence-electron chi connectivity index (χ1n) is 10.1. The Balaban J connectivity index is 1.86. The molecule has 0 aliphatic carbocycles. The van der Waals surface area contributed by atoms with Crippen molar-refractivity contribution in [2.45, 2.75) is 13.8 Å². The van der Waals surface area contributed by atoms with E-state index in [0.717, 1.165) is 47.6 Å². The van der Waals surface area contributed by atoms with Gasteiger partial charge in [0.2, 0.25) is 0 Å². The van der Waals surface area contributed by atoms with E-state index in [4.69, 9.17) is 16.3 Å². The van der Waals surface area contributed by atoms with Crippen molar-refractivity contribution in [3.63, 3.8) is 0 Å². The van der Waals surface area contributed by atoms with E-state index in [9.17, 15) is 0 Å². The van der Waals surface area contributed by atoms with Crippen LogP contribution in [0.4, 0.5) is 0 Å². The summed E-state index contributed by atoms with van der Waals surface area (Å²) in [4.78, 5) is 2.35. The molecule has 0 fully saturated rings. The molecule has 3 heteroatoms. The number of hydrogen-bond donors (Lipinski definition) is 0. The zero-order valence-corrected chi connectivity index (χ0v) is 17.8. The smallest absolute Gasteiger partial charge is 0.119 e. The molecule has 0 aromatic heterocycles. The van der Waals surface area contributed by atoms with Crippen LogP contribution in [0.5, 0.6) is 5.75 Å². The van der Waals surface area contributed by atoms with Crippen molar-refractivity contribution in [1.82, 2.24) is 4.90 Å². The predicted octanol–water partition coefficient (Wildman–Crippen LogP) is 6.36. The minimum absolute atomic E-state index is 0.684. The summed E-state index contributed by atoms with van der Waals surface area (Å²) in [6, 6.07) is 29.3. The van der Waals surface area contributed by atoms with Crippen LogP contribution in [0, 0.1) is 6.07 Å². The molecule has 0 aliphatic rings. The standard InChI is InChI=1S/C26H27ClNO/c1-3-28(4-2)19-20-29-24-17-15-22(16-18-24)25(21-11-7-5-8-12-21)26(27)23-13-9-6-10-14-23/h5-9,11-18H,3-4,19-20H2,1-2H3/b26-25-. The highest BCUT2D eigenvalue weighted by atomic mass is 35.5. The lowest BCUT2D eigenvalue weighted by molar-refractivity contribution is 0.223. The Morgan fingerprint density at radius 1 is 0.862 bits per heavy atom. The highest BCUT2D eigenvalue weighted by molar-refractivity contribution is 6.53. The van der Waals surface area contributed by atoms with Crippen molar-refractivity contribution in [2.75, 3.05) is 26.2 Å². The molecule has 3 rings (SSSR count). The number of ether oxygens (including phenoxy) is 1. The fourth-order valence-corrected chi connectivity index (χ4v) is 3.59. The van der Waals surface area contributed by atoms with Crippen molar-refractivity contribution in [3.05, 3.63) is 102 Å². The van der Waals surface area contributed by atoms with Gasteiger partial charge in [0.15, 0.2) is 0 Å². The molecule has 0 amide bonds. The van der Waals surface area contributed by atoms with E-state index in [-0.39, 0.29) is 0 Å². The highest BCUT2D eigenvalue weighted by Gasteiger charge is 2.12. The third-order valence-electron chi connectivity index (χ3n) is 4.96. The van der Waals surface area contributed by atoms with E-state index < -0.39 is 0 Å². The summed E-state index contributed by atoms with van der Waals surface area (Å²) in [5.41, 5.74) is 4.09. The maximum absolute atomic E-state index is 6.85. The number of halogens is 1. The Hall–Kier alpha value is -2.55. The molecule has 0 bridgehead atoms. The Morgan fingerprint density at radius 3 is 2.14 bits per heavy atom. The lowest BCUT2D eigenvalue weighted by Crippen LogP contribution is -2.27. The van der Waals surface area contributed by atoms with Crippen LogP contribution in [0.3, 0.4) is 0 Å². The Kier molecular flexibility index (Phi) is 7.92. The van der Waals surface area contributed by atoms with Crippen molar-refractivity contribution >= 4 is 22.2 Å². The minimum atomic E-state index is 0.684. The van der Waals surface area contributed by atoms with Gasteiger partial charge in [-0.15, -0.1) is 0 Å². The van der Waals surface area contributed by atoms with Crippen LogP contribution >= 0.6 is 11.6 Å². The van der Waals surface area contributed by atoms with Gasteiger partial charge in [-0.2, -0.15) is 0 Å². The molecule has 0 heterocycles. The van der Waals surface area contributed by atoms with Crippen molar-refractivity contribution in [1.29, 1.82) is 0 Å². The third kappa shape index (κ3) is 5.72. The molecule has 0 aliphatic heterocycles. The van der Waals surface area contributed by atoms with Gasteiger partial charge in [0, 0.05) is 12.1 Å². The molecule has 0 saturated carbocycles. The predicted molar refractivity (Wildman–Crippen MR) is 123 cm³/mol. The second-order valence-corrected chi connectivity index (χ2v) is 7.12. The molecule has 3 aromatic carbocycles. The zero-order valence-electron chi connectivity index (χ0n) is 17.1. The number of hydrogen-bond acceptors (Lipinski definition) is 2. The summed E-state index contributed by atoms with van der Waals surface area (Å²) < 4.78 is 5.93. The van der Waals surface area contributed by atoms with Gasteiger partial charge in [-0.1, -0.05) is 86.1 Å². The number of nitrogens with zero attached hydrogens (tertiary/aromatic N) is 1. The molecule has 0 N–H and O–H groups in total. The van der Waals surface area contributed by atoms with Crippen molar-refractivity contribution in [3.8, 4) is 5.75 Å². The van der Waals surface area contributed by atoms with Gasteiger partial charge in [0.1, 0.15) is 12.4 Å². The fourth-order valence-electron chi connectivity index (χ4n) is 3.25. The van der Waals surface area contributed by atoms with E-state index in [1.54, 1.807) is 0 Å². The van der Waals surface area contributed by atoms with Gasteiger partial charge in [0.05, 0.1) is 5.03 Å². The van der Waals surface area contributed by atoms with Crippen LogP contribution in [-0.4, -0.2) is 31.1 Å². The van der Waals surface area contributed by atoms with Crippen molar-refractivity contribution < 1.29 is 4.74 Å². The maximum Gasteiger partial charge on any atom is 0.119 e. The molecule has 2 nitrogen and oxygen atoms in total. The summed E-state index contributed by atoms with van der Waals surface area (Å²) in [7, 11) is 0. The van der Waals surface area contributed by atoms with Crippen LogP contribution in [0.1, 0.15) is 30.5 Å². The van der Waals surface area contributed by atoms with Crippen LogP contribution in [0.25, 0.3) is 10.6 Å². The van der Waals surface area contributed by atoms with Gasteiger partial charge in [-0.25, -0.2) is 0 Å². The number of likely N-dealkylation sites (N-methyl/N-ethyl adjacent to an activating group) is 1. The summed E-state index contributed by atoms with van der Waals surface area (Å²) >= 11 is 6.85. The zero-order chi connectivity index (χ0) is 20.5. The molecule has 29 heavy (non-hydrogen) atoms. The maximum atomic E-state index is 6.85. The second kappa shape index (κ2) is 10.8. The van der Waals surface area contributed by atoms with E-state index in [0.29, 0.717) is 11.6 Å². The first-order valence-corrected chi connectivity index (χ1v) is 10.5. The van der Waals surface area contributed by atoms with E-state index in [1.165, 1.54) is 0 Å². The van der Waals surface area contributed by atoms with Gasteiger partial charge in [0.25, 0.3) is 0 Å². The molecule has 0 spiro atoms. The molecule has 1 radical (unpaired) electrons. The molecule has 149 valence electrons. The fraction of sp³-hybridized carbons (Fsp3) is 0.231. The molecule has 0 atom stereocenters. The SMILES string of the molecule is CCN(CC)CCOc1ccc(/C(=C(\Cl)c2c[c]ccc2)c2ccccc2)cc1. The van der Waals surface area contributed by atoms with Crippen LogP contribution in [0.2, 0.25) is 0 Å². The van der Waals surface area contributed by atoms with Crippen LogP contribution < -0.4 is 4.74 Å². The first-order chi connectivity index (χ1) is 14.2. The Bertz CT molecular complexity index is 900. The normalized spacial score (nSPS) is 12.0. The monoisotopic (exact) mass is 404 g/mol. The lowest BCUT2D eigenvalue weighted by atomic mass is 9.95. The second-order valence-electron chi connectivity index (χ2n) is 6.75. The van der Waals surface area contributed by atoms with Crippen LogP contribution in [-0.2, 0) is 0 Å². The number of rotatable bonds is 9. The van der Waals surface area contributed by atoms with E-state index in [2.05, 4.69) is 49.1 Å². The average Bonchev–Trinajstić information content (AvgIpc) is 2.79. The summed E-state index contributed by atoms with van der Waals surface area (Å²) in [5.74, 6) is 0.873. The van der Waals surface area contributed by atoms with Gasteiger partial charge < -0.3 is 9.64 Å². The average molecular weight is 405 g/mol. The molecule has 0 unspecified atom stereocenters. The summed E-state index contributed by atoms with van der Waals surface area (Å²) in [6.07, 6.45) is 0. The van der Waals surface area contributed by atoms with E-state index in [1.807, 2.05) is 54.6 Å². The van der Waals surface area contributed by atoms with Crippen molar-refractivity contribution in [2.24, 2.45) is 0 Å². The van der Waals surface area contributed by atoms with Crippen LogP contribution in [0.15, 0.2) is 78.9 Å². The van der Waals surface area contributed by atoms with E-state index >= 15 is 0 Å². The molecular formula is C26H27ClNO.